The highest BCUT2D eigenvalue weighted by molar-refractivity contribution is 6.30. The summed E-state index contributed by atoms with van der Waals surface area (Å²) >= 11 is 5.97. The van der Waals surface area contributed by atoms with E-state index in [1.54, 1.807) is 0 Å². The first-order valence-electron chi connectivity index (χ1n) is 5.53. The molecule has 90 valence electrons. The first-order valence-corrected chi connectivity index (χ1v) is 5.91. The van der Waals surface area contributed by atoms with Crippen LogP contribution in [0.25, 0.3) is 0 Å². The molecule has 2 unspecified atom stereocenters. The molecule has 2 atom stereocenters. The topological polar surface area (TPSA) is 53.6 Å². The molecule has 0 saturated carbocycles. The molecule has 0 fully saturated rings. The molecule has 2 rings (SSSR count). The number of hydrogen-bond acceptors (Lipinski definition) is 3. The Balaban J connectivity index is 2.04. The van der Waals surface area contributed by atoms with Gasteiger partial charge in [-0.25, -0.2) is 4.98 Å². The molecule has 1 aromatic carbocycles. The second kappa shape index (κ2) is 5.29. The fraction of sp³-hybridized carbons (Fsp3) is 0.333. The molecular formula is C12H15ClN4. The summed E-state index contributed by atoms with van der Waals surface area (Å²) in [7, 11) is 0. The molecule has 0 aliphatic carbocycles. The number of benzene rings is 1. The summed E-state index contributed by atoms with van der Waals surface area (Å²) in [5, 5.41) is 10.9. The predicted molar refractivity (Wildman–Crippen MR) is 67.8 cm³/mol. The van der Waals surface area contributed by atoms with E-state index in [4.69, 9.17) is 11.6 Å². The van der Waals surface area contributed by atoms with Crippen molar-refractivity contribution in [2.24, 2.45) is 0 Å². The monoisotopic (exact) mass is 250 g/mol. The first-order chi connectivity index (χ1) is 8.16. The molecule has 0 amide bonds. The second-order valence-corrected chi connectivity index (χ2v) is 4.47. The van der Waals surface area contributed by atoms with Crippen molar-refractivity contribution in [3.63, 3.8) is 0 Å². The van der Waals surface area contributed by atoms with E-state index in [0.717, 1.165) is 16.4 Å². The third kappa shape index (κ3) is 3.05. The average Bonchev–Trinajstić information content (AvgIpc) is 2.82. The van der Waals surface area contributed by atoms with Gasteiger partial charge in [-0.05, 0) is 31.5 Å². The SMILES string of the molecule is CC(NC(C)c1ncn[nH]1)c1cccc(Cl)c1. The molecule has 17 heavy (non-hydrogen) atoms. The maximum atomic E-state index is 5.97. The van der Waals surface area contributed by atoms with Gasteiger partial charge in [0.05, 0.1) is 6.04 Å². The number of H-pyrrole nitrogens is 1. The standard InChI is InChI=1S/C12H15ClN4/c1-8(10-4-3-5-11(13)6-10)16-9(2)12-14-7-15-17-12/h3-9,16H,1-2H3,(H,14,15,17). The van der Waals surface area contributed by atoms with Gasteiger partial charge in [-0.1, -0.05) is 23.7 Å². The van der Waals surface area contributed by atoms with Crippen LogP contribution >= 0.6 is 11.6 Å². The van der Waals surface area contributed by atoms with Crippen LogP contribution in [0.4, 0.5) is 0 Å². The number of aromatic nitrogens is 3. The molecular weight excluding hydrogens is 236 g/mol. The van der Waals surface area contributed by atoms with Crippen molar-refractivity contribution >= 4 is 11.6 Å². The van der Waals surface area contributed by atoms with E-state index < -0.39 is 0 Å². The Morgan fingerprint density at radius 3 is 2.76 bits per heavy atom. The van der Waals surface area contributed by atoms with E-state index >= 15 is 0 Å². The number of aromatic amines is 1. The molecule has 5 heteroatoms. The molecule has 0 saturated heterocycles. The van der Waals surface area contributed by atoms with Crippen LogP contribution in [0.2, 0.25) is 5.02 Å². The van der Waals surface area contributed by atoms with E-state index in [9.17, 15) is 0 Å². The molecule has 0 aliphatic heterocycles. The normalized spacial score (nSPS) is 14.5. The zero-order chi connectivity index (χ0) is 12.3. The highest BCUT2D eigenvalue weighted by Gasteiger charge is 2.13. The summed E-state index contributed by atoms with van der Waals surface area (Å²) in [6, 6.07) is 8.16. The maximum absolute atomic E-state index is 5.97. The first kappa shape index (κ1) is 12.1. The smallest absolute Gasteiger partial charge is 0.141 e. The predicted octanol–water partition coefficient (Wildman–Crippen LogP) is 2.87. The van der Waals surface area contributed by atoms with Crippen molar-refractivity contribution in [1.82, 2.24) is 20.5 Å². The minimum absolute atomic E-state index is 0.117. The Morgan fingerprint density at radius 1 is 1.29 bits per heavy atom. The Morgan fingerprint density at radius 2 is 2.12 bits per heavy atom. The van der Waals surface area contributed by atoms with Crippen LogP contribution < -0.4 is 5.32 Å². The van der Waals surface area contributed by atoms with Gasteiger partial charge in [0, 0.05) is 11.1 Å². The van der Waals surface area contributed by atoms with Crippen molar-refractivity contribution in [1.29, 1.82) is 0 Å². The van der Waals surface area contributed by atoms with Gasteiger partial charge in [-0.15, -0.1) is 0 Å². The number of rotatable bonds is 4. The van der Waals surface area contributed by atoms with Crippen molar-refractivity contribution < 1.29 is 0 Å². The summed E-state index contributed by atoms with van der Waals surface area (Å²) in [5.74, 6) is 0.832. The third-order valence-electron chi connectivity index (χ3n) is 2.69. The maximum Gasteiger partial charge on any atom is 0.141 e. The fourth-order valence-corrected chi connectivity index (χ4v) is 1.95. The number of hydrogen-bond donors (Lipinski definition) is 2. The average molecular weight is 251 g/mol. The van der Waals surface area contributed by atoms with Crippen LogP contribution in [0.15, 0.2) is 30.6 Å². The highest BCUT2D eigenvalue weighted by atomic mass is 35.5. The van der Waals surface area contributed by atoms with E-state index in [1.165, 1.54) is 6.33 Å². The lowest BCUT2D eigenvalue weighted by Gasteiger charge is -2.18. The zero-order valence-electron chi connectivity index (χ0n) is 9.81. The van der Waals surface area contributed by atoms with Gasteiger partial charge in [0.25, 0.3) is 0 Å². The molecule has 0 spiro atoms. The van der Waals surface area contributed by atoms with E-state index in [-0.39, 0.29) is 12.1 Å². The lowest BCUT2D eigenvalue weighted by Crippen LogP contribution is -2.23. The molecule has 1 heterocycles. The zero-order valence-corrected chi connectivity index (χ0v) is 10.6. The molecule has 0 aliphatic rings. The van der Waals surface area contributed by atoms with Crippen molar-refractivity contribution in [3.8, 4) is 0 Å². The molecule has 0 bridgehead atoms. The minimum Gasteiger partial charge on any atom is -0.301 e. The van der Waals surface area contributed by atoms with E-state index in [2.05, 4.69) is 33.5 Å². The Hall–Kier alpha value is -1.39. The molecule has 4 nitrogen and oxygen atoms in total. The molecule has 1 aromatic heterocycles. The Kier molecular flexibility index (Phi) is 3.76. The summed E-state index contributed by atoms with van der Waals surface area (Å²) < 4.78 is 0. The lowest BCUT2D eigenvalue weighted by atomic mass is 10.1. The van der Waals surface area contributed by atoms with E-state index in [1.807, 2.05) is 25.1 Å². The fourth-order valence-electron chi connectivity index (χ4n) is 1.75. The van der Waals surface area contributed by atoms with Gasteiger partial charge in [-0.3, -0.25) is 5.10 Å². The van der Waals surface area contributed by atoms with Gasteiger partial charge in [0.1, 0.15) is 12.2 Å². The molecule has 2 N–H and O–H groups in total. The van der Waals surface area contributed by atoms with E-state index in [0.29, 0.717) is 0 Å². The molecule has 0 radical (unpaired) electrons. The van der Waals surface area contributed by atoms with Crippen LogP contribution in [-0.4, -0.2) is 15.2 Å². The van der Waals surface area contributed by atoms with Crippen LogP contribution in [0, 0.1) is 0 Å². The number of halogens is 1. The summed E-state index contributed by atoms with van der Waals surface area (Å²) in [5.41, 5.74) is 1.16. The van der Waals surface area contributed by atoms with Crippen molar-refractivity contribution in [2.75, 3.05) is 0 Å². The minimum atomic E-state index is 0.117. The Bertz CT molecular complexity index is 469. The van der Waals surface area contributed by atoms with Crippen LogP contribution in [0.1, 0.15) is 37.3 Å². The van der Waals surface area contributed by atoms with Crippen molar-refractivity contribution in [3.05, 3.63) is 47.0 Å². The highest BCUT2D eigenvalue weighted by Crippen LogP contribution is 2.20. The van der Waals surface area contributed by atoms with Gasteiger partial charge < -0.3 is 5.32 Å². The number of nitrogens with zero attached hydrogens (tertiary/aromatic N) is 2. The van der Waals surface area contributed by atoms with Gasteiger partial charge >= 0.3 is 0 Å². The van der Waals surface area contributed by atoms with Gasteiger partial charge in [-0.2, -0.15) is 5.10 Å². The van der Waals surface area contributed by atoms with Crippen molar-refractivity contribution in [2.45, 2.75) is 25.9 Å². The third-order valence-corrected chi connectivity index (χ3v) is 2.93. The largest absolute Gasteiger partial charge is 0.301 e. The van der Waals surface area contributed by atoms with Crippen LogP contribution in [0.3, 0.4) is 0 Å². The number of nitrogens with one attached hydrogen (secondary N) is 2. The summed E-state index contributed by atoms with van der Waals surface area (Å²) in [4.78, 5) is 4.13. The Labute approximate surface area is 105 Å². The molecule has 2 aromatic rings. The van der Waals surface area contributed by atoms with Gasteiger partial charge in [0.2, 0.25) is 0 Å². The quantitative estimate of drug-likeness (QED) is 0.877. The van der Waals surface area contributed by atoms with Crippen LogP contribution in [0.5, 0.6) is 0 Å². The second-order valence-electron chi connectivity index (χ2n) is 4.04. The van der Waals surface area contributed by atoms with Crippen LogP contribution in [-0.2, 0) is 0 Å². The van der Waals surface area contributed by atoms with Gasteiger partial charge in [0.15, 0.2) is 0 Å². The lowest BCUT2D eigenvalue weighted by molar-refractivity contribution is 0.477. The summed E-state index contributed by atoms with van der Waals surface area (Å²) in [6.45, 7) is 4.14. The summed E-state index contributed by atoms with van der Waals surface area (Å²) in [6.07, 6.45) is 1.51.